The Morgan fingerprint density at radius 2 is 1.95 bits per heavy atom. The lowest BCUT2D eigenvalue weighted by Gasteiger charge is -2.08. The van der Waals surface area contributed by atoms with Gasteiger partial charge in [-0.05, 0) is 30.7 Å². The van der Waals surface area contributed by atoms with Gasteiger partial charge in [-0.2, -0.15) is 0 Å². The number of benzene rings is 2. The molecule has 0 saturated heterocycles. The van der Waals surface area contributed by atoms with Gasteiger partial charge >= 0.3 is 5.69 Å². The summed E-state index contributed by atoms with van der Waals surface area (Å²) in [4.78, 5) is 21.8. The van der Waals surface area contributed by atoms with Crippen molar-refractivity contribution in [2.75, 3.05) is 5.32 Å². The van der Waals surface area contributed by atoms with E-state index in [1.54, 1.807) is 18.2 Å². The van der Waals surface area contributed by atoms with Crippen LogP contribution < -0.4 is 5.32 Å². The molecule has 1 amide bonds. The molecule has 0 radical (unpaired) electrons. The summed E-state index contributed by atoms with van der Waals surface area (Å²) in [6.07, 6.45) is -0.217. The fourth-order valence-corrected chi connectivity index (χ4v) is 2.00. The highest BCUT2D eigenvalue weighted by Gasteiger charge is 2.21. The van der Waals surface area contributed by atoms with Crippen LogP contribution in [0.3, 0.4) is 0 Å². The van der Waals surface area contributed by atoms with Gasteiger partial charge in [0.15, 0.2) is 5.75 Å². The summed E-state index contributed by atoms with van der Waals surface area (Å²) in [6.45, 7) is 1.88. The van der Waals surface area contributed by atoms with Gasteiger partial charge in [-0.3, -0.25) is 14.9 Å². The van der Waals surface area contributed by atoms with E-state index in [0.717, 1.165) is 11.6 Å². The van der Waals surface area contributed by atoms with Crippen molar-refractivity contribution in [3.05, 3.63) is 57.6 Å². The molecule has 2 rings (SSSR count). The number of hydrogen-bond acceptors (Lipinski definition) is 5. The number of nitro groups is 1. The van der Waals surface area contributed by atoms with Crippen molar-refractivity contribution < 1.29 is 19.9 Å². The van der Waals surface area contributed by atoms with Crippen LogP contribution in [-0.4, -0.2) is 21.0 Å². The SMILES string of the molecule is Cc1cccc(NC(=O)Cc2ccc([N+](=O)[O-])c(O)c2O)c1. The quantitative estimate of drug-likeness (QED) is 0.456. The Bertz CT molecular complexity index is 743. The van der Waals surface area contributed by atoms with Crippen LogP contribution in [0.15, 0.2) is 36.4 Å². The van der Waals surface area contributed by atoms with Gasteiger partial charge < -0.3 is 15.5 Å². The van der Waals surface area contributed by atoms with Crippen LogP contribution in [0.5, 0.6) is 11.5 Å². The first-order valence-corrected chi connectivity index (χ1v) is 6.43. The Kier molecular flexibility index (Phi) is 4.26. The summed E-state index contributed by atoms with van der Waals surface area (Å²) in [7, 11) is 0. The van der Waals surface area contributed by atoms with Crippen molar-refractivity contribution in [1.82, 2.24) is 0 Å². The van der Waals surface area contributed by atoms with E-state index in [1.165, 1.54) is 6.07 Å². The molecular formula is C15H14N2O5. The predicted molar refractivity (Wildman–Crippen MR) is 79.9 cm³/mol. The molecule has 0 aliphatic carbocycles. The van der Waals surface area contributed by atoms with Crippen LogP contribution in [0.25, 0.3) is 0 Å². The van der Waals surface area contributed by atoms with Gasteiger partial charge in [0.2, 0.25) is 11.7 Å². The van der Waals surface area contributed by atoms with Crippen molar-refractivity contribution in [2.45, 2.75) is 13.3 Å². The zero-order valence-corrected chi connectivity index (χ0v) is 11.7. The summed E-state index contributed by atoms with van der Waals surface area (Å²) in [6, 6.07) is 9.46. The molecule has 0 unspecified atom stereocenters. The maximum absolute atomic E-state index is 11.9. The maximum Gasteiger partial charge on any atom is 0.314 e. The Balaban J connectivity index is 2.15. The highest BCUT2D eigenvalue weighted by Crippen LogP contribution is 2.37. The first kappa shape index (κ1) is 15.3. The molecule has 2 aromatic carbocycles. The Labute approximate surface area is 126 Å². The number of amides is 1. The molecule has 0 heterocycles. The molecule has 7 nitrogen and oxygen atoms in total. The van der Waals surface area contributed by atoms with Crippen LogP contribution in [0, 0.1) is 17.0 Å². The summed E-state index contributed by atoms with van der Waals surface area (Å²) in [5, 5.41) is 32.6. The summed E-state index contributed by atoms with van der Waals surface area (Å²) in [5.41, 5.74) is 1.08. The van der Waals surface area contributed by atoms with Crippen molar-refractivity contribution >= 4 is 17.3 Å². The predicted octanol–water partition coefficient (Wildman–Crippen LogP) is 2.50. The average Bonchev–Trinajstić information content (AvgIpc) is 2.43. The number of rotatable bonds is 4. The summed E-state index contributed by atoms with van der Waals surface area (Å²) in [5.74, 6) is -1.91. The highest BCUT2D eigenvalue weighted by molar-refractivity contribution is 5.92. The van der Waals surface area contributed by atoms with Gasteiger partial charge in [0.25, 0.3) is 0 Å². The molecule has 22 heavy (non-hydrogen) atoms. The number of carbonyl (C=O) groups excluding carboxylic acids is 1. The van der Waals surface area contributed by atoms with Gasteiger partial charge in [-0.15, -0.1) is 0 Å². The smallest absolute Gasteiger partial charge is 0.314 e. The van der Waals surface area contributed by atoms with Crippen molar-refractivity contribution in [3.8, 4) is 11.5 Å². The van der Waals surface area contributed by atoms with E-state index in [-0.39, 0.29) is 12.0 Å². The molecule has 0 aliphatic heterocycles. The zero-order chi connectivity index (χ0) is 16.3. The largest absolute Gasteiger partial charge is 0.504 e. The monoisotopic (exact) mass is 302 g/mol. The van der Waals surface area contributed by atoms with Gasteiger partial charge in [-0.1, -0.05) is 12.1 Å². The van der Waals surface area contributed by atoms with Crippen LogP contribution in [-0.2, 0) is 11.2 Å². The summed E-state index contributed by atoms with van der Waals surface area (Å²) < 4.78 is 0. The summed E-state index contributed by atoms with van der Waals surface area (Å²) >= 11 is 0. The number of anilines is 1. The molecule has 7 heteroatoms. The minimum absolute atomic E-state index is 0.105. The second-order valence-electron chi connectivity index (χ2n) is 4.79. The molecule has 0 atom stereocenters. The number of aromatic hydroxyl groups is 2. The maximum atomic E-state index is 11.9. The van der Waals surface area contributed by atoms with Gasteiger partial charge in [-0.25, -0.2) is 0 Å². The number of nitrogens with one attached hydrogen (secondary N) is 1. The Morgan fingerprint density at radius 3 is 2.59 bits per heavy atom. The fourth-order valence-electron chi connectivity index (χ4n) is 2.00. The first-order valence-electron chi connectivity index (χ1n) is 6.43. The molecule has 0 aliphatic rings. The van der Waals surface area contributed by atoms with Gasteiger partial charge in [0.05, 0.1) is 11.3 Å². The van der Waals surface area contributed by atoms with E-state index >= 15 is 0 Å². The second kappa shape index (κ2) is 6.13. The van der Waals surface area contributed by atoms with E-state index in [9.17, 15) is 25.1 Å². The molecule has 0 bridgehead atoms. The van der Waals surface area contributed by atoms with E-state index in [1.807, 2.05) is 13.0 Å². The third kappa shape index (κ3) is 3.32. The number of phenolic OH excluding ortho intramolecular Hbond substituents is 2. The number of carbonyl (C=O) groups is 1. The lowest BCUT2D eigenvalue weighted by molar-refractivity contribution is -0.386. The van der Waals surface area contributed by atoms with E-state index in [4.69, 9.17) is 0 Å². The second-order valence-corrected chi connectivity index (χ2v) is 4.79. The topological polar surface area (TPSA) is 113 Å². The fraction of sp³-hybridized carbons (Fsp3) is 0.133. The van der Waals surface area contributed by atoms with Crippen LogP contribution in [0.2, 0.25) is 0 Å². The molecular weight excluding hydrogens is 288 g/mol. The highest BCUT2D eigenvalue weighted by atomic mass is 16.6. The molecule has 0 spiro atoms. The van der Waals surface area contributed by atoms with Crippen molar-refractivity contribution in [3.63, 3.8) is 0 Å². The number of phenols is 2. The van der Waals surface area contributed by atoms with Crippen LogP contribution in [0.4, 0.5) is 11.4 Å². The van der Waals surface area contributed by atoms with E-state index in [0.29, 0.717) is 5.69 Å². The van der Waals surface area contributed by atoms with Crippen LogP contribution in [0.1, 0.15) is 11.1 Å². The van der Waals surface area contributed by atoms with Crippen molar-refractivity contribution in [1.29, 1.82) is 0 Å². The third-order valence-corrected chi connectivity index (χ3v) is 3.06. The van der Waals surface area contributed by atoms with Crippen molar-refractivity contribution in [2.24, 2.45) is 0 Å². The number of nitrogens with zero attached hydrogens (tertiary/aromatic N) is 1. The van der Waals surface area contributed by atoms with E-state index < -0.39 is 28.0 Å². The Hall–Kier alpha value is -3.09. The third-order valence-electron chi connectivity index (χ3n) is 3.06. The average molecular weight is 302 g/mol. The first-order chi connectivity index (χ1) is 10.4. The number of nitro benzene ring substituents is 1. The van der Waals surface area contributed by atoms with E-state index in [2.05, 4.69) is 5.32 Å². The molecule has 0 saturated carbocycles. The number of hydrogen-bond donors (Lipinski definition) is 3. The normalized spacial score (nSPS) is 10.2. The lowest BCUT2D eigenvalue weighted by atomic mass is 10.1. The minimum atomic E-state index is -0.842. The molecule has 2 aromatic rings. The standard InChI is InChI=1S/C15H14N2O5/c1-9-3-2-4-11(7-9)16-13(18)8-10-5-6-12(17(21)22)15(20)14(10)19/h2-7,19-20H,8H2,1H3,(H,16,18). The van der Waals surface area contributed by atoms with Gasteiger partial charge in [0.1, 0.15) is 0 Å². The van der Waals surface area contributed by atoms with Gasteiger partial charge in [0, 0.05) is 17.3 Å². The zero-order valence-electron chi connectivity index (χ0n) is 11.7. The molecule has 114 valence electrons. The number of aryl methyl sites for hydroxylation is 1. The Morgan fingerprint density at radius 1 is 1.23 bits per heavy atom. The molecule has 0 aromatic heterocycles. The molecule has 3 N–H and O–H groups in total. The molecule has 0 fully saturated rings. The van der Waals surface area contributed by atoms with Crippen LogP contribution >= 0.6 is 0 Å². The minimum Gasteiger partial charge on any atom is -0.504 e. The lowest BCUT2D eigenvalue weighted by Crippen LogP contribution is -2.14.